The average Bonchev–Trinajstić information content (AvgIpc) is 2.10. The molecule has 0 amide bonds. The van der Waals surface area contributed by atoms with Crippen LogP contribution in [0.15, 0.2) is 24.3 Å². The van der Waals surface area contributed by atoms with Gasteiger partial charge in [-0.15, -0.1) is 0 Å². The van der Waals surface area contributed by atoms with Gasteiger partial charge in [-0.1, -0.05) is 19.1 Å². The van der Waals surface area contributed by atoms with E-state index in [0.717, 1.165) is 23.6 Å². The molecule has 0 aromatic heterocycles. The number of benzene rings is 1. The average molecular weight is 182 g/mol. The largest absolute Gasteiger partial charge is 0.204 e. The second-order valence-electron chi connectivity index (χ2n) is 2.92. The zero-order valence-electron chi connectivity index (χ0n) is 7.77. The summed E-state index contributed by atoms with van der Waals surface area (Å²) >= 11 is 0. The number of hydrogen-bond donors (Lipinski definition) is 0. The van der Waals surface area contributed by atoms with Gasteiger partial charge in [0.15, 0.2) is 11.6 Å². The van der Waals surface area contributed by atoms with Crippen molar-refractivity contribution in [2.24, 2.45) is 0 Å². The molecule has 0 fully saturated rings. The van der Waals surface area contributed by atoms with Crippen LogP contribution in [-0.4, -0.2) is 0 Å². The zero-order chi connectivity index (χ0) is 9.84. The first-order valence-corrected chi connectivity index (χ1v) is 4.27. The molecule has 0 radical (unpaired) electrons. The Balaban J connectivity index is 3.04. The van der Waals surface area contributed by atoms with Crippen molar-refractivity contribution in [3.05, 3.63) is 41.5 Å². The molecule has 0 aliphatic rings. The fraction of sp³-hybridized carbons (Fsp3) is 0.273. The molecule has 1 aromatic rings. The number of rotatable bonds is 2. The van der Waals surface area contributed by atoms with Crippen LogP contribution < -0.4 is 0 Å². The van der Waals surface area contributed by atoms with Gasteiger partial charge >= 0.3 is 0 Å². The highest BCUT2D eigenvalue weighted by Gasteiger charge is 2.02. The van der Waals surface area contributed by atoms with E-state index in [0.29, 0.717) is 0 Å². The summed E-state index contributed by atoms with van der Waals surface area (Å²) in [5.41, 5.74) is 1.71. The first-order valence-electron chi connectivity index (χ1n) is 4.27. The minimum Gasteiger partial charge on any atom is -0.204 e. The van der Waals surface area contributed by atoms with E-state index < -0.39 is 11.6 Å². The van der Waals surface area contributed by atoms with E-state index in [1.54, 1.807) is 6.07 Å². The van der Waals surface area contributed by atoms with Crippen molar-refractivity contribution in [3.63, 3.8) is 0 Å². The van der Waals surface area contributed by atoms with Gasteiger partial charge < -0.3 is 0 Å². The lowest BCUT2D eigenvalue weighted by atomic mass is 10.1. The molecule has 1 rings (SSSR count). The monoisotopic (exact) mass is 182 g/mol. The van der Waals surface area contributed by atoms with Gasteiger partial charge in [-0.2, -0.15) is 0 Å². The lowest BCUT2D eigenvalue weighted by Crippen LogP contribution is -1.86. The predicted octanol–water partition coefficient (Wildman–Crippen LogP) is 3.78. The summed E-state index contributed by atoms with van der Waals surface area (Å²) in [4.78, 5) is 0. The van der Waals surface area contributed by atoms with Gasteiger partial charge in [0, 0.05) is 0 Å². The molecule has 0 bridgehead atoms. The molecule has 0 aliphatic heterocycles. The van der Waals surface area contributed by atoms with Crippen LogP contribution >= 0.6 is 0 Å². The molecule has 13 heavy (non-hydrogen) atoms. The normalized spacial score (nSPS) is 11.8. The quantitative estimate of drug-likeness (QED) is 0.653. The maximum absolute atomic E-state index is 12.8. The minimum absolute atomic E-state index is 0.737. The van der Waals surface area contributed by atoms with Crippen molar-refractivity contribution in [3.8, 4) is 0 Å². The molecule has 0 saturated heterocycles. The predicted molar refractivity (Wildman–Crippen MR) is 50.3 cm³/mol. The molecule has 0 unspecified atom stereocenters. The van der Waals surface area contributed by atoms with Crippen LogP contribution in [0, 0.1) is 11.6 Å². The van der Waals surface area contributed by atoms with Gasteiger partial charge in [0.1, 0.15) is 0 Å². The fourth-order valence-electron chi connectivity index (χ4n) is 1.17. The minimum atomic E-state index is -0.798. The van der Waals surface area contributed by atoms with Crippen LogP contribution in [0.1, 0.15) is 25.8 Å². The Labute approximate surface area is 76.9 Å². The first kappa shape index (κ1) is 9.90. The molecule has 0 spiro atoms. The number of hydrogen-bond acceptors (Lipinski definition) is 0. The molecule has 2 heteroatoms. The van der Waals surface area contributed by atoms with Crippen LogP contribution in [0.3, 0.4) is 0 Å². The third-order valence-corrected chi connectivity index (χ3v) is 1.89. The summed E-state index contributed by atoms with van der Waals surface area (Å²) in [6, 6.07) is 3.95. The van der Waals surface area contributed by atoms with E-state index in [4.69, 9.17) is 0 Å². The van der Waals surface area contributed by atoms with Crippen LogP contribution in [0.4, 0.5) is 8.78 Å². The van der Waals surface area contributed by atoms with E-state index in [2.05, 4.69) is 0 Å². The second-order valence-corrected chi connectivity index (χ2v) is 2.92. The smallest absolute Gasteiger partial charge is 0.159 e. The molecule has 0 saturated carbocycles. The highest BCUT2D eigenvalue weighted by atomic mass is 19.2. The van der Waals surface area contributed by atoms with Crippen molar-refractivity contribution >= 4 is 5.57 Å². The third-order valence-electron chi connectivity index (χ3n) is 1.89. The highest BCUT2D eigenvalue weighted by molar-refractivity contribution is 5.63. The number of allylic oxidation sites excluding steroid dienone is 2. The van der Waals surface area contributed by atoms with Gasteiger partial charge in [0.2, 0.25) is 0 Å². The Bertz CT molecular complexity index is 327. The Morgan fingerprint density at radius 2 is 2.00 bits per heavy atom. The first-order chi connectivity index (χ1) is 6.15. The SMILES string of the molecule is CCC=C(C)c1ccc(F)c(F)c1. The summed E-state index contributed by atoms with van der Waals surface area (Å²) in [5, 5.41) is 0. The van der Waals surface area contributed by atoms with Crippen molar-refractivity contribution in [1.82, 2.24) is 0 Å². The molecule has 0 atom stereocenters. The summed E-state index contributed by atoms with van der Waals surface area (Å²) in [5.74, 6) is -1.59. The molecular formula is C11H12F2. The topological polar surface area (TPSA) is 0 Å². The van der Waals surface area contributed by atoms with Crippen molar-refractivity contribution in [2.75, 3.05) is 0 Å². The van der Waals surface area contributed by atoms with Gasteiger partial charge in [0.25, 0.3) is 0 Å². The van der Waals surface area contributed by atoms with E-state index in [-0.39, 0.29) is 0 Å². The van der Waals surface area contributed by atoms with Crippen LogP contribution in [0.25, 0.3) is 5.57 Å². The molecule has 1 aromatic carbocycles. The molecule has 0 N–H and O–H groups in total. The molecule has 0 aliphatic carbocycles. The zero-order valence-corrected chi connectivity index (χ0v) is 7.77. The molecule has 0 nitrogen and oxygen atoms in total. The van der Waals surface area contributed by atoms with Crippen LogP contribution in [-0.2, 0) is 0 Å². The van der Waals surface area contributed by atoms with Gasteiger partial charge in [-0.25, -0.2) is 8.78 Å². The Morgan fingerprint density at radius 1 is 1.31 bits per heavy atom. The van der Waals surface area contributed by atoms with Crippen molar-refractivity contribution < 1.29 is 8.78 Å². The van der Waals surface area contributed by atoms with E-state index in [1.165, 1.54) is 6.07 Å². The van der Waals surface area contributed by atoms with Crippen LogP contribution in [0.2, 0.25) is 0 Å². The molecular weight excluding hydrogens is 170 g/mol. The maximum atomic E-state index is 12.8. The Kier molecular flexibility index (Phi) is 3.18. The molecule has 70 valence electrons. The lowest BCUT2D eigenvalue weighted by Gasteiger charge is -2.01. The third kappa shape index (κ3) is 2.38. The van der Waals surface area contributed by atoms with Crippen molar-refractivity contribution in [2.45, 2.75) is 20.3 Å². The van der Waals surface area contributed by atoms with Gasteiger partial charge in [-0.05, 0) is 36.6 Å². The highest BCUT2D eigenvalue weighted by Crippen LogP contribution is 2.17. The van der Waals surface area contributed by atoms with Gasteiger partial charge in [0.05, 0.1) is 0 Å². The van der Waals surface area contributed by atoms with Crippen LogP contribution in [0.5, 0.6) is 0 Å². The Morgan fingerprint density at radius 3 is 2.54 bits per heavy atom. The molecule has 0 heterocycles. The summed E-state index contributed by atoms with van der Waals surface area (Å²) < 4.78 is 25.3. The van der Waals surface area contributed by atoms with Crippen molar-refractivity contribution in [1.29, 1.82) is 0 Å². The second kappa shape index (κ2) is 4.17. The van der Waals surface area contributed by atoms with E-state index in [9.17, 15) is 8.78 Å². The lowest BCUT2D eigenvalue weighted by molar-refractivity contribution is 0.508. The summed E-state index contributed by atoms with van der Waals surface area (Å²) in [6.45, 7) is 3.89. The summed E-state index contributed by atoms with van der Waals surface area (Å²) in [7, 11) is 0. The Hall–Kier alpha value is -1.18. The number of halogens is 2. The fourth-order valence-corrected chi connectivity index (χ4v) is 1.17. The maximum Gasteiger partial charge on any atom is 0.159 e. The van der Waals surface area contributed by atoms with Gasteiger partial charge in [-0.3, -0.25) is 0 Å². The standard InChI is InChI=1S/C11H12F2/c1-3-4-8(2)9-5-6-10(12)11(13)7-9/h4-7H,3H2,1-2H3. The van der Waals surface area contributed by atoms with E-state index >= 15 is 0 Å². The summed E-state index contributed by atoms with van der Waals surface area (Å²) in [6.07, 6.45) is 2.87. The van der Waals surface area contributed by atoms with E-state index in [1.807, 2.05) is 19.9 Å².